The van der Waals surface area contributed by atoms with Crippen molar-refractivity contribution in [3.05, 3.63) is 71.1 Å². The van der Waals surface area contributed by atoms with Crippen molar-refractivity contribution in [3.8, 4) is 11.5 Å². The predicted molar refractivity (Wildman–Crippen MR) is 115 cm³/mol. The topological polar surface area (TPSA) is 83.9 Å². The van der Waals surface area contributed by atoms with Crippen LogP contribution in [0.2, 0.25) is 5.02 Å². The third-order valence-corrected chi connectivity index (χ3v) is 5.17. The molecule has 1 amide bonds. The van der Waals surface area contributed by atoms with E-state index < -0.39 is 29.9 Å². The molecule has 2 aromatic carbocycles. The second-order valence-corrected chi connectivity index (χ2v) is 7.53. The van der Waals surface area contributed by atoms with Crippen LogP contribution in [0, 0.1) is 5.82 Å². The SMILES string of the molecule is O=C(Nc1ccc(OC(F)(F)F)c(F)c1)c1cccc2c1OCC(CO)N2c1ncccc1Cl. The zero-order chi connectivity index (χ0) is 24.5. The third kappa shape index (κ3) is 4.85. The lowest BCUT2D eigenvalue weighted by Crippen LogP contribution is -2.43. The van der Waals surface area contributed by atoms with Crippen LogP contribution in [-0.4, -0.2) is 41.6 Å². The molecule has 0 bridgehead atoms. The molecule has 0 saturated carbocycles. The first-order valence-corrected chi connectivity index (χ1v) is 10.2. The Morgan fingerprint density at radius 1 is 1.26 bits per heavy atom. The van der Waals surface area contributed by atoms with E-state index in [4.69, 9.17) is 16.3 Å². The third-order valence-electron chi connectivity index (χ3n) is 4.88. The monoisotopic (exact) mass is 497 g/mol. The highest BCUT2D eigenvalue weighted by Crippen LogP contribution is 2.42. The van der Waals surface area contributed by atoms with Gasteiger partial charge in [-0.2, -0.15) is 0 Å². The number of benzene rings is 2. The summed E-state index contributed by atoms with van der Waals surface area (Å²) in [4.78, 5) is 18.9. The van der Waals surface area contributed by atoms with Crippen LogP contribution in [-0.2, 0) is 0 Å². The summed E-state index contributed by atoms with van der Waals surface area (Å²) in [7, 11) is 0. The Bertz CT molecular complexity index is 1220. The number of ether oxygens (including phenoxy) is 2. The summed E-state index contributed by atoms with van der Waals surface area (Å²) in [6, 6.07) is 9.96. The summed E-state index contributed by atoms with van der Waals surface area (Å²) in [6.45, 7) is -0.271. The normalized spacial score (nSPS) is 15.4. The van der Waals surface area contributed by atoms with Crippen molar-refractivity contribution in [1.82, 2.24) is 4.98 Å². The van der Waals surface area contributed by atoms with Crippen molar-refractivity contribution in [3.63, 3.8) is 0 Å². The summed E-state index contributed by atoms with van der Waals surface area (Å²) < 4.78 is 60.4. The maximum atomic E-state index is 14.0. The molecular formula is C22H16ClF4N3O4. The summed E-state index contributed by atoms with van der Waals surface area (Å²) in [6.07, 6.45) is -3.52. The molecule has 0 spiro atoms. The number of amides is 1. The Kier molecular flexibility index (Phi) is 6.49. The van der Waals surface area contributed by atoms with Crippen LogP contribution in [0.15, 0.2) is 54.7 Å². The Hall–Kier alpha value is -3.57. The number of rotatable bonds is 5. The van der Waals surface area contributed by atoms with Gasteiger partial charge in [-0.15, -0.1) is 13.2 Å². The minimum absolute atomic E-state index is 0.0127. The highest BCUT2D eigenvalue weighted by Gasteiger charge is 2.34. The molecule has 0 fully saturated rings. The molecule has 1 aliphatic rings. The number of aliphatic hydroxyl groups is 1. The molecule has 3 aromatic rings. The summed E-state index contributed by atoms with van der Waals surface area (Å²) >= 11 is 6.30. The smallest absolute Gasteiger partial charge is 0.488 e. The molecule has 7 nitrogen and oxygen atoms in total. The number of nitrogens with one attached hydrogen (secondary N) is 1. The van der Waals surface area contributed by atoms with Crippen molar-refractivity contribution in [2.24, 2.45) is 0 Å². The van der Waals surface area contributed by atoms with E-state index in [9.17, 15) is 27.5 Å². The average Bonchev–Trinajstić information content (AvgIpc) is 2.79. The zero-order valence-corrected chi connectivity index (χ0v) is 17.9. The zero-order valence-electron chi connectivity index (χ0n) is 17.1. The van der Waals surface area contributed by atoms with Crippen molar-refractivity contribution < 1.29 is 36.9 Å². The number of aromatic nitrogens is 1. The highest BCUT2D eigenvalue weighted by atomic mass is 35.5. The van der Waals surface area contributed by atoms with Gasteiger partial charge in [-0.05, 0) is 36.4 Å². The molecule has 1 unspecified atom stereocenters. The fourth-order valence-electron chi connectivity index (χ4n) is 3.46. The Labute approximate surface area is 195 Å². The van der Waals surface area contributed by atoms with Gasteiger partial charge in [0.05, 0.1) is 28.9 Å². The molecule has 178 valence electrons. The van der Waals surface area contributed by atoms with Gasteiger partial charge < -0.3 is 24.8 Å². The fourth-order valence-corrected chi connectivity index (χ4v) is 3.67. The van der Waals surface area contributed by atoms with Crippen LogP contribution in [0.1, 0.15) is 10.4 Å². The molecule has 0 saturated heterocycles. The Morgan fingerprint density at radius 3 is 2.74 bits per heavy atom. The molecule has 2 N–H and O–H groups in total. The van der Waals surface area contributed by atoms with Gasteiger partial charge in [0.25, 0.3) is 5.91 Å². The summed E-state index contributed by atoms with van der Waals surface area (Å²) in [5, 5.41) is 12.6. The number of anilines is 3. The van der Waals surface area contributed by atoms with Crippen LogP contribution >= 0.6 is 11.6 Å². The molecule has 0 aliphatic carbocycles. The van der Waals surface area contributed by atoms with E-state index >= 15 is 0 Å². The van der Waals surface area contributed by atoms with E-state index in [2.05, 4.69) is 15.0 Å². The van der Waals surface area contributed by atoms with Gasteiger partial charge in [-0.3, -0.25) is 4.79 Å². The van der Waals surface area contributed by atoms with Crippen LogP contribution < -0.4 is 19.7 Å². The first kappa shape index (κ1) is 23.6. The number of nitrogens with zero attached hydrogens (tertiary/aromatic N) is 2. The number of alkyl halides is 3. The molecule has 34 heavy (non-hydrogen) atoms. The van der Waals surface area contributed by atoms with Crippen molar-refractivity contribution in [1.29, 1.82) is 0 Å². The van der Waals surface area contributed by atoms with Crippen LogP contribution in [0.25, 0.3) is 0 Å². The lowest BCUT2D eigenvalue weighted by Gasteiger charge is -2.37. The number of fused-ring (bicyclic) bond motifs is 1. The number of pyridine rings is 1. The average molecular weight is 498 g/mol. The van der Waals surface area contributed by atoms with Gasteiger partial charge in [0.2, 0.25) is 0 Å². The van der Waals surface area contributed by atoms with Gasteiger partial charge >= 0.3 is 6.36 Å². The van der Waals surface area contributed by atoms with E-state index in [0.29, 0.717) is 22.6 Å². The number of carbonyl (C=O) groups excluding carboxylic acids is 1. The van der Waals surface area contributed by atoms with Gasteiger partial charge in [-0.1, -0.05) is 17.7 Å². The molecule has 0 radical (unpaired) electrons. The van der Waals surface area contributed by atoms with Crippen LogP contribution in [0.5, 0.6) is 11.5 Å². The second-order valence-electron chi connectivity index (χ2n) is 7.13. The van der Waals surface area contributed by atoms with Crippen molar-refractivity contribution >= 4 is 34.7 Å². The highest BCUT2D eigenvalue weighted by molar-refractivity contribution is 6.33. The first-order chi connectivity index (χ1) is 16.2. The van der Waals surface area contributed by atoms with Crippen LogP contribution in [0.4, 0.5) is 34.8 Å². The quantitative estimate of drug-likeness (QED) is 0.487. The largest absolute Gasteiger partial charge is 0.573 e. The number of halogens is 5. The minimum atomic E-state index is -5.05. The standard InChI is InChI=1S/C22H16ClF4N3O4/c23-15-4-2-8-28-20(15)30-13(10-31)11-33-19-14(3-1-5-17(19)30)21(32)29-12-6-7-18(16(24)9-12)34-22(25,26)27/h1-9,13,31H,10-11H2,(H,29,32). The number of carbonyl (C=O) groups is 1. The predicted octanol–water partition coefficient (Wildman–Crippen LogP) is 4.92. The van der Waals surface area contributed by atoms with Gasteiger partial charge in [-0.25, -0.2) is 9.37 Å². The van der Waals surface area contributed by atoms with E-state index in [1.807, 2.05) is 0 Å². The number of hydrogen-bond donors (Lipinski definition) is 2. The number of aliphatic hydroxyl groups excluding tert-OH is 1. The van der Waals surface area contributed by atoms with Crippen molar-refractivity contribution in [2.75, 3.05) is 23.4 Å². The van der Waals surface area contributed by atoms with Crippen LogP contribution in [0.3, 0.4) is 0 Å². The fraction of sp³-hybridized carbons (Fsp3) is 0.182. The second kappa shape index (κ2) is 9.35. The molecule has 1 atom stereocenters. The van der Waals surface area contributed by atoms with Gasteiger partial charge in [0.1, 0.15) is 6.61 Å². The summed E-state index contributed by atoms with van der Waals surface area (Å²) in [5.74, 6) is -2.50. The summed E-state index contributed by atoms with van der Waals surface area (Å²) in [5.41, 5.74) is 0.393. The molecule has 12 heteroatoms. The molecule has 2 heterocycles. The van der Waals surface area contributed by atoms with E-state index in [0.717, 1.165) is 12.1 Å². The lowest BCUT2D eigenvalue weighted by molar-refractivity contribution is -0.275. The molecule has 4 rings (SSSR count). The molecule has 1 aromatic heterocycles. The van der Waals surface area contributed by atoms with E-state index in [1.165, 1.54) is 12.3 Å². The maximum absolute atomic E-state index is 14.0. The Balaban J connectivity index is 1.65. The minimum Gasteiger partial charge on any atom is -0.488 e. The van der Waals surface area contributed by atoms with Gasteiger partial charge in [0.15, 0.2) is 23.1 Å². The van der Waals surface area contributed by atoms with E-state index in [-0.39, 0.29) is 30.2 Å². The van der Waals surface area contributed by atoms with E-state index in [1.54, 1.807) is 29.2 Å². The molecule has 1 aliphatic heterocycles. The number of hydrogen-bond acceptors (Lipinski definition) is 6. The maximum Gasteiger partial charge on any atom is 0.573 e. The lowest BCUT2D eigenvalue weighted by atomic mass is 10.1. The Morgan fingerprint density at radius 2 is 2.06 bits per heavy atom. The van der Waals surface area contributed by atoms with Crippen molar-refractivity contribution in [2.45, 2.75) is 12.4 Å². The first-order valence-electron chi connectivity index (χ1n) is 9.81. The number of para-hydroxylation sites is 1. The van der Waals surface area contributed by atoms with Gasteiger partial charge in [0, 0.05) is 18.0 Å². The molecular weight excluding hydrogens is 482 g/mol.